The largest absolute Gasteiger partial charge is 0.466 e. The van der Waals surface area contributed by atoms with Crippen molar-refractivity contribution in [3.63, 3.8) is 0 Å². The summed E-state index contributed by atoms with van der Waals surface area (Å²) in [4.78, 5) is 11.1. The van der Waals surface area contributed by atoms with Crippen LogP contribution in [0.3, 0.4) is 0 Å². The lowest BCUT2D eigenvalue weighted by Crippen LogP contribution is -2.05. The molecule has 0 spiro atoms. The van der Waals surface area contributed by atoms with Gasteiger partial charge in [0.1, 0.15) is 0 Å². The quantitative estimate of drug-likeness (QED) is 0.792. The molecular formula is C11H12BrClO2. The fraction of sp³-hybridized carbons (Fsp3) is 0.364. The van der Waals surface area contributed by atoms with Crippen LogP contribution in [0.2, 0.25) is 5.02 Å². The lowest BCUT2D eigenvalue weighted by Gasteiger charge is -2.03. The molecule has 0 aromatic heterocycles. The van der Waals surface area contributed by atoms with Crippen LogP contribution in [0.1, 0.15) is 18.9 Å². The molecule has 0 aliphatic rings. The average Bonchev–Trinajstić information content (AvgIpc) is 2.20. The van der Waals surface area contributed by atoms with Crippen LogP contribution in [-0.4, -0.2) is 12.6 Å². The molecule has 0 amide bonds. The molecule has 0 heterocycles. The van der Waals surface area contributed by atoms with Crippen LogP contribution in [0.4, 0.5) is 0 Å². The summed E-state index contributed by atoms with van der Waals surface area (Å²) in [6.07, 6.45) is 1.08. The molecular weight excluding hydrogens is 279 g/mol. The number of hydrogen-bond donors (Lipinski definition) is 0. The highest BCUT2D eigenvalue weighted by atomic mass is 79.9. The van der Waals surface area contributed by atoms with E-state index in [2.05, 4.69) is 15.9 Å². The van der Waals surface area contributed by atoms with E-state index in [9.17, 15) is 4.79 Å². The van der Waals surface area contributed by atoms with Crippen LogP contribution in [0.25, 0.3) is 0 Å². The van der Waals surface area contributed by atoms with Crippen LogP contribution in [0.15, 0.2) is 22.7 Å². The minimum absolute atomic E-state index is 0.163. The molecule has 4 heteroatoms. The predicted octanol–water partition coefficient (Wildman–Crippen LogP) is 3.60. The van der Waals surface area contributed by atoms with E-state index in [-0.39, 0.29) is 5.97 Å². The highest BCUT2D eigenvalue weighted by molar-refractivity contribution is 9.10. The second-order valence-electron chi connectivity index (χ2n) is 3.05. The van der Waals surface area contributed by atoms with Gasteiger partial charge in [-0.1, -0.05) is 17.7 Å². The molecule has 82 valence electrons. The average molecular weight is 292 g/mol. The van der Waals surface area contributed by atoms with Crippen molar-refractivity contribution in [3.8, 4) is 0 Å². The molecule has 0 unspecified atom stereocenters. The maximum Gasteiger partial charge on any atom is 0.306 e. The van der Waals surface area contributed by atoms with Crippen molar-refractivity contribution in [2.75, 3.05) is 6.61 Å². The Morgan fingerprint density at radius 2 is 2.27 bits per heavy atom. The third kappa shape index (κ3) is 4.22. The first kappa shape index (κ1) is 12.5. The number of halogens is 2. The minimum Gasteiger partial charge on any atom is -0.466 e. The van der Waals surface area contributed by atoms with E-state index < -0.39 is 0 Å². The molecule has 0 fully saturated rings. The first-order valence-corrected chi connectivity index (χ1v) is 5.90. The van der Waals surface area contributed by atoms with Gasteiger partial charge in [0.15, 0.2) is 0 Å². The molecule has 0 aliphatic heterocycles. The highest BCUT2D eigenvalue weighted by Gasteiger charge is 2.04. The summed E-state index contributed by atoms with van der Waals surface area (Å²) in [5.41, 5.74) is 1.07. The summed E-state index contributed by atoms with van der Waals surface area (Å²) in [6, 6.07) is 5.64. The minimum atomic E-state index is -0.163. The first-order valence-electron chi connectivity index (χ1n) is 4.73. The SMILES string of the molecule is CCOC(=O)CCc1ccc(Cl)c(Br)c1. The number of aryl methyl sites for hydroxylation is 1. The number of esters is 1. The molecule has 15 heavy (non-hydrogen) atoms. The third-order valence-corrected chi connectivity index (χ3v) is 3.12. The summed E-state index contributed by atoms with van der Waals surface area (Å²) in [6.45, 7) is 2.24. The number of hydrogen-bond acceptors (Lipinski definition) is 2. The van der Waals surface area contributed by atoms with E-state index in [4.69, 9.17) is 16.3 Å². The second kappa shape index (κ2) is 6.13. The van der Waals surface area contributed by atoms with Crippen molar-refractivity contribution < 1.29 is 9.53 Å². The molecule has 0 radical (unpaired) electrons. The monoisotopic (exact) mass is 290 g/mol. The first-order chi connectivity index (χ1) is 7.13. The van der Waals surface area contributed by atoms with Crippen molar-refractivity contribution >= 4 is 33.5 Å². The summed E-state index contributed by atoms with van der Waals surface area (Å²) >= 11 is 9.19. The number of benzene rings is 1. The Bertz CT molecular complexity index is 352. The van der Waals surface area contributed by atoms with Gasteiger partial charge in [0.2, 0.25) is 0 Å². The highest BCUT2D eigenvalue weighted by Crippen LogP contribution is 2.23. The summed E-state index contributed by atoms with van der Waals surface area (Å²) < 4.78 is 5.69. The Hall–Kier alpha value is -0.540. The molecule has 1 rings (SSSR count). The Balaban J connectivity index is 2.51. The van der Waals surface area contributed by atoms with E-state index in [0.717, 1.165) is 10.0 Å². The topological polar surface area (TPSA) is 26.3 Å². The standard InChI is InChI=1S/C11H12BrClO2/c1-2-15-11(14)6-4-8-3-5-10(13)9(12)7-8/h3,5,7H,2,4,6H2,1H3. The molecule has 0 N–H and O–H groups in total. The third-order valence-electron chi connectivity index (χ3n) is 1.91. The maximum absolute atomic E-state index is 11.1. The summed E-state index contributed by atoms with van der Waals surface area (Å²) in [7, 11) is 0. The van der Waals surface area contributed by atoms with Crippen LogP contribution < -0.4 is 0 Å². The van der Waals surface area contributed by atoms with Gasteiger partial charge in [-0.05, 0) is 47.0 Å². The van der Waals surface area contributed by atoms with Gasteiger partial charge < -0.3 is 4.74 Å². The van der Waals surface area contributed by atoms with E-state index in [1.807, 2.05) is 18.2 Å². The van der Waals surface area contributed by atoms with E-state index >= 15 is 0 Å². The molecule has 0 aliphatic carbocycles. The summed E-state index contributed by atoms with van der Waals surface area (Å²) in [5.74, 6) is -0.163. The van der Waals surface area contributed by atoms with Crippen LogP contribution >= 0.6 is 27.5 Å². The Morgan fingerprint density at radius 3 is 2.87 bits per heavy atom. The molecule has 1 aromatic carbocycles. The Kier molecular flexibility index (Phi) is 5.12. The van der Waals surface area contributed by atoms with Crippen molar-refractivity contribution in [1.29, 1.82) is 0 Å². The zero-order chi connectivity index (χ0) is 11.3. The normalized spacial score (nSPS) is 10.1. The summed E-state index contributed by atoms with van der Waals surface area (Å²) in [5, 5.41) is 0.676. The molecule has 0 saturated carbocycles. The van der Waals surface area contributed by atoms with E-state index in [1.165, 1.54) is 0 Å². The van der Waals surface area contributed by atoms with Gasteiger partial charge in [0.05, 0.1) is 11.6 Å². The second-order valence-corrected chi connectivity index (χ2v) is 4.32. The van der Waals surface area contributed by atoms with Gasteiger partial charge in [0, 0.05) is 10.9 Å². The fourth-order valence-corrected chi connectivity index (χ4v) is 1.72. The number of ether oxygens (including phenoxy) is 1. The fourth-order valence-electron chi connectivity index (χ4n) is 1.17. The van der Waals surface area contributed by atoms with Crippen LogP contribution in [0.5, 0.6) is 0 Å². The predicted molar refractivity (Wildman–Crippen MR) is 64.1 cm³/mol. The van der Waals surface area contributed by atoms with E-state index in [1.54, 1.807) is 6.92 Å². The van der Waals surface area contributed by atoms with Crippen molar-refractivity contribution in [1.82, 2.24) is 0 Å². The smallest absolute Gasteiger partial charge is 0.306 e. The van der Waals surface area contributed by atoms with Crippen LogP contribution in [-0.2, 0) is 16.0 Å². The lowest BCUT2D eigenvalue weighted by atomic mass is 10.1. The number of rotatable bonds is 4. The Labute approximate surface area is 103 Å². The van der Waals surface area contributed by atoms with Gasteiger partial charge in [-0.3, -0.25) is 4.79 Å². The molecule has 2 nitrogen and oxygen atoms in total. The van der Waals surface area contributed by atoms with Crippen molar-refractivity contribution in [3.05, 3.63) is 33.3 Å². The van der Waals surface area contributed by atoms with Gasteiger partial charge in [-0.25, -0.2) is 0 Å². The van der Waals surface area contributed by atoms with E-state index in [0.29, 0.717) is 24.5 Å². The molecule has 0 bridgehead atoms. The van der Waals surface area contributed by atoms with Crippen molar-refractivity contribution in [2.45, 2.75) is 19.8 Å². The van der Waals surface area contributed by atoms with Gasteiger partial charge >= 0.3 is 5.97 Å². The van der Waals surface area contributed by atoms with Gasteiger partial charge in [-0.15, -0.1) is 0 Å². The van der Waals surface area contributed by atoms with Crippen LogP contribution in [0, 0.1) is 0 Å². The molecule has 0 atom stereocenters. The molecule has 0 saturated heterocycles. The zero-order valence-corrected chi connectivity index (χ0v) is 10.8. The maximum atomic E-state index is 11.1. The number of carbonyl (C=O) groups is 1. The molecule has 1 aromatic rings. The number of carbonyl (C=O) groups excluding carboxylic acids is 1. The van der Waals surface area contributed by atoms with Gasteiger partial charge in [-0.2, -0.15) is 0 Å². The lowest BCUT2D eigenvalue weighted by molar-refractivity contribution is -0.143. The van der Waals surface area contributed by atoms with Crippen molar-refractivity contribution in [2.24, 2.45) is 0 Å². The van der Waals surface area contributed by atoms with Gasteiger partial charge in [0.25, 0.3) is 0 Å². The Morgan fingerprint density at radius 1 is 1.53 bits per heavy atom. The zero-order valence-electron chi connectivity index (χ0n) is 8.43.